The number of aromatic hydroxyl groups is 1. The minimum Gasteiger partial charge on any atom is -0.507 e. The molecule has 2 heterocycles. The van der Waals surface area contributed by atoms with Crippen LogP contribution in [0.2, 0.25) is 0 Å². The molecule has 1 aliphatic rings. The lowest BCUT2D eigenvalue weighted by Gasteiger charge is -2.26. The van der Waals surface area contributed by atoms with Crippen molar-refractivity contribution in [1.82, 2.24) is 15.1 Å². The van der Waals surface area contributed by atoms with Gasteiger partial charge in [0.15, 0.2) is 0 Å². The number of H-pyrrole nitrogens is 1. The van der Waals surface area contributed by atoms with Crippen LogP contribution in [0.4, 0.5) is 0 Å². The molecule has 1 amide bonds. The zero-order valence-electron chi connectivity index (χ0n) is 14.7. The second-order valence-electron chi connectivity index (χ2n) is 6.28. The number of aromatic nitrogens is 2. The Hall–Kier alpha value is -3.32. The summed E-state index contributed by atoms with van der Waals surface area (Å²) in [5.41, 5.74) is 2.96. The van der Waals surface area contributed by atoms with Gasteiger partial charge in [0.1, 0.15) is 22.9 Å². The van der Waals surface area contributed by atoms with Crippen LogP contribution in [0.25, 0.3) is 11.3 Å². The molecule has 0 aliphatic carbocycles. The quantitative estimate of drug-likeness (QED) is 0.645. The Bertz CT molecular complexity index is 998. The number of β-amino-alcohol motifs (C(OH)–C–C–N with tert-alkyl or cyclic N) is 1. The van der Waals surface area contributed by atoms with Crippen molar-refractivity contribution in [3.8, 4) is 22.8 Å². The Balaban J connectivity index is 1.91. The summed E-state index contributed by atoms with van der Waals surface area (Å²) in [7, 11) is 1.58. The number of hydrogen-bond donors (Lipinski definition) is 3. The average Bonchev–Trinajstić information content (AvgIpc) is 3.22. The molecular weight excluding hydrogens is 346 g/mol. The Morgan fingerprint density at radius 1 is 1.22 bits per heavy atom. The fourth-order valence-electron chi connectivity index (χ4n) is 3.57. The average molecular weight is 365 g/mol. The van der Waals surface area contributed by atoms with Gasteiger partial charge in [-0.2, -0.15) is 5.10 Å². The topological polar surface area (TPSA) is 98.7 Å². The molecule has 0 radical (unpaired) electrons. The SMILES string of the molecule is COc1cccc([C@@H]2c3c(-c4ccccc4O)n[nH]c3C(=O)N2CCO)c1. The number of nitrogens with one attached hydrogen (secondary N) is 1. The maximum Gasteiger partial charge on any atom is 0.273 e. The number of hydrogen-bond acceptors (Lipinski definition) is 5. The minimum absolute atomic E-state index is 0.0873. The van der Waals surface area contributed by atoms with E-state index < -0.39 is 6.04 Å². The van der Waals surface area contributed by atoms with E-state index in [0.29, 0.717) is 28.3 Å². The third-order valence-corrected chi connectivity index (χ3v) is 4.77. The molecule has 7 nitrogen and oxygen atoms in total. The number of amides is 1. The fraction of sp³-hybridized carbons (Fsp3) is 0.200. The van der Waals surface area contributed by atoms with Crippen LogP contribution in [0, 0.1) is 0 Å². The number of aliphatic hydroxyl groups excluding tert-OH is 1. The van der Waals surface area contributed by atoms with E-state index >= 15 is 0 Å². The molecule has 3 aromatic rings. The number of aliphatic hydroxyl groups is 1. The first-order chi connectivity index (χ1) is 13.2. The van der Waals surface area contributed by atoms with E-state index in [1.54, 1.807) is 36.3 Å². The highest BCUT2D eigenvalue weighted by molar-refractivity contribution is 6.00. The zero-order chi connectivity index (χ0) is 19.0. The van der Waals surface area contributed by atoms with Crippen molar-refractivity contribution in [2.24, 2.45) is 0 Å². The summed E-state index contributed by atoms with van der Waals surface area (Å²) in [6.45, 7) is 0.0271. The van der Waals surface area contributed by atoms with Gasteiger partial charge in [0, 0.05) is 17.7 Å². The van der Waals surface area contributed by atoms with E-state index in [0.717, 1.165) is 5.56 Å². The van der Waals surface area contributed by atoms with Crippen molar-refractivity contribution in [2.75, 3.05) is 20.3 Å². The predicted molar refractivity (Wildman–Crippen MR) is 98.6 cm³/mol. The highest BCUT2D eigenvalue weighted by Crippen LogP contribution is 2.44. The van der Waals surface area contributed by atoms with E-state index in [2.05, 4.69) is 10.2 Å². The van der Waals surface area contributed by atoms with Gasteiger partial charge in [-0.25, -0.2) is 0 Å². The predicted octanol–water partition coefficient (Wildman–Crippen LogP) is 2.33. The van der Waals surface area contributed by atoms with Crippen LogP contribution in [0.1, 0.15) is 27.7 Å². The molecule has 1 aliphatic heterocycles. The number of carbonyl (C=O) groups is 1. The monoisotopic (exact) mass is 365 g/mol. The normalized spacial score (nSPS) is 15.9. The van der Waals surface area contributed by atoms with Crippen molar-refractivity contribution in [3.63, 3.8) is 0 Å². The van der Waals surface area contributed by atoms with Crippen LogP contribution in [-0.4, -0.2) is 51.5 Å². The number of rotatable bonds is 5. The van der Waals surface area contributed by atoms with Gasteiger partial charge < -0.3 is 19.8 Å². The molecule has 0 saturated heterocycles. The zero-order valence-corrected chi connectivity index (χ0v) is 14.7. The van der Waals surface area contributed by atoms with Gasteiger partial charge >= 0.3 is 0 Å². The maximum atomic E-state index is 12.9. The number of phenolic OH excluding ortho intramolecular Hbond substituents is 1. The van der Waals surface area contributed by atoms with Crippen molar-refractivity contribution < 1.29 is 19.7 Å². The Labute approximate surface area is 155 Å². The van der Waals surface area contributed by atoms with Gasteiger partial charge in [0.2, 0.25) is 0 Å². The highest BCUT2D eigenvalue weighted by atomic mass is 16.5. The van der Waals surface area contributed by atoms with Crippen LogP contribution in [0.3, 0.4) is 0 Å². The third-order valence-electron chi connectivity index (χ3n) is 4.77. The summed E-state index contributed by atoms with van der Waals surface area (Å²) in [6.07, 6.45) is 0. The third kappa shape index (κ3) is 2.72. The molecule has 2 aromatic carbocycles. The summed E-state index contributed by atoms with van der Waals surface area (Å²) >= 11 is 0. The van der Waals surface area contributed by atoms with E-state index in [-0.39, 0.29) is 24.8 Å². The lowest BCUT2D eigenvalue weighted by atomic mass is 9.95. The molecule has 0 spiro atoms. The first-order valence-electron chi connectivity index (χ1n) is 8.58. The Morgan fingerprint density at radius 2 is 2.04 bits per heavy atom. The van der Waals surface area contributed by atoms with Crippen LogP contribution in [0.5, 0.6) is 11.5 Å². The summed E-state index contributed by atoms with van der Waals surface area (Å²) in [4.78, 5) is 14.5. The largest absolute Gasteiger partial charge is 0.507 e. The molecule has 0 fully saturated rings. The van der Waals surface area contributed by atoms with Crippen LogP contribution >= 0.6 is 0 Å². The number of ether oxygens (including phenoxy) is 1. The molecule has 0 unspecified atom stereocenters. The molecule has 138 valence electrons. The van der Waals surface area contributed by atoms with Gasteiger partial charge in [-0.1, -0.05) is 24.3 Å². The molecule has 0 bridgehead atoms. The van der Waals surface area contributed by atoms with E-state index in [9.17, 15) is 15.0 Å². The lowest BCUT2D eigenvalue weighted by Crippen LogP contribution is -2.32. The van der Waals surface area contributed by atoms with Gasteiger partial charge in [-0.3, -0.25) is 9.89 Å². The number of methoxy groups -OCH3 is 1. The van der Waals surface area contributed by atoms with E-state index in [4.69, 9.17) is 4.74 Å². The number of fused-ring (bicyclic) bond motifs is 1. The van der Waals surface area contributed by atoms with Crippen LogP contribution in [-0.2, 0) is 0 Å². The molecule has 27 heavy (non-hydrogen) atoms. The van der Waals surface area contributed by atoms with Crippen molar-refractivity contribution in [2.45, 2.75) is 6.04 Å². The number of carbonyl (C=O) groups excluding carboxylic acids is 1. The Kier molecular flexibility index (Phi) is 4.29. The number of phenols is 1. The standard InChI is InChI=1S/C20H19N3O4/c1-27-13-6-4-5-12(11-13)19-16-17(14-7-2-3-8-15(14)25)21-22-18(16)20(26)23(19)9-10-24/h2-8,11,19,24-25H,9-10H2,1H3,(H,21,22)/t19-/m1/s1. The van der Waals surface area contributed by atoms with Crippen molar-refractivity contribution in [1.29, 1.82) is 0 Å². The lowest BCUT2D eigenvalue weighted by molar-refractivity contribution is 0.0706. The second kappa shape index (κ2) is 6.77. The van der Waals surface area contributed by atoms with Crippen LogP contribution < -0.4 is 4.74 Å². The smallest absolute Gasteiger partial charge is 0.273 e. The van der Waals surface area contributed by atoms with Crippen LogP contribution in [0.15, 0.2) is 48.5 Å². The van der Waals surface area contributed by atoms with Gasteiger partial charge in [0.25, 0.3) is 5.91 Å². The minimum atomic E-state index is -0.442. The highest BCUT2D eigenvalue weighted by Gasteiger charge is 2.42. The van der Waals surface area contributed by atoms with Crippen molar-refractivity contribution in [3.05, 3.63) is 65.4 Å². The van der Waals surface area contributed by atoms with Gasteiger partial charge in [-0.15, -0.1) is 0 Å². The molecule has 4 rings (SSSR count). The number of para-hydroxylation sites is 1. The molecule has 7 heteroatoms. The molecule has 3 N–H and O–H groups in total. The number of benzene rings is 2. The first-order valence-corrected chi connectivity index (χ1v) is 8.58. The number of nitrogens with zero attached hydrogens (tertiary/aromatic N) is 2. The van der Waals surface area contributed by atoms with Gasteiger partial charge in [0.05, 0.1) is 19.8 Å². The fourth-order valence-corrected chi connectivity index (χ4v) is 3.57. The van der Waals surface area contributed by atoms with Gasteiger partial charge in [-0.05, 0) is 29.8 Å². The summed E-state index contributed by atoms with van der Waals surface area (Å²) < 4.78 is 5.32. The summed E-state index contributed by atoms with van der Waals surface area (Å²) in [5, 5.41) is 26.9. The Morgan fingerprint density at radius 3 is 2.78 bits per heavy atom. The summed E-state index contributed by atoms with van der Waals surface area (Å²) in [5.74, 6) is 0.523. The molecule has 1 aromatic heterocycles. The van der Waals surface area contributed by atoms with E-state index in [1.807, 2.05) is 24.3 Å². The number of aromatic amines is 1. The molecular formula is C20H19N3O4. The maximum absolute atomic E-state index is 12.9. The first kappa shape index (κ1) is 17.1. The second-order valence-corrected chi connectivity index (χ2v) is 6.28. The van der Waals surface area contributed by atoms with Crippen molar-refractivity contribution >= 4 is 5.91 Å². The molecule has 0 saturated carbocycles. The summed E-state index contributed by atoms with van der Waals surface area (Å²) in [6, 6.07) is 13.9. The van der Waals surface area contributed by atoms with E-state index in [1.165, 1.54) is 0 Å². The molecule has 1 atom stereocenters.